The van der Waals surface area contributed by atoms with Crippen molar-refractivity contribution in [1.82, 2.24) is 29.1 Å². The zero-order valence-corrected chi connectivity index (χ0v) is 31.7. The van der Waals surface area contributed by atoms with Crippen LogP contribution in [0.25, 0.3) is 5.69 Å². The average Bonchev–Trinajstić information content (AvgIpc) is 3.15. The molecule has 3 aromatic heterocycles. The van der Waals surface area contributed by atoms with E-state index in [4.69, 9.17) is 44.8 Å². The van der Waals surface area contributed by atoms with E-state index in [0.717, 1.165) is 13.1 Å². The highest BCUT2D eigenvalue weighted by Crippen LogP contribution is 2.35. The molecule has 1 N–H and O–H groups in total. The van der Waals surface area contributed by atoms with Gasteiger partial charge in [0.1, 0.15) is 22.8 Å². The molecule has 18 nitrogen and oxygen atoms in total. The van der Waals surface area contributed by atoms with E-state index >= 15 is 0 Å². The summed E-state index contributed by atoms with van der Waals surface area (Å²) in [5, 5.41) is 9.78. The minimum atomic E-state index is -4.86. The first-order valence-corrected chi connectivity index (χ1v) is 16.4. The summed E-state index contributed by atoms with van der Waals surface area (Å²) in [5.74, 6) is -1.61. The minimum Gasteiger partial charge on any atom is -0.481 e. The molecule has 5 rings (SSSR count). The maximum absolute atomic E-state index is 12.9. The van der Waals surface area contributed by atoms with Crippen molar-refractivity contribution >= 4 is 23.5 Å². The minimum absolute atomic E-state index is 0.0104. The SMILES string of the molecule is CC(C)OC(=O)c1cc(-n2c(=O)cc(C(F)(F)F)n(C)c2=O)ccc1Cl.COc1cc(OC)nc(Oc2cccc(Oc3nc(OC)cc(OC)n3)c2C(=O)O)n1. The molecule has 0 aliphatic carbocycles. The Morgan fingerprint density at radius 1 is 0.772 bits per heavy atom. The molecule has 0 saturated carbocycles. The molecule has 0 radical (unpaired) electrons. The maximum atomic E-state index is 12.9. The monoisotopic (exact) mass is 820 g/mol. The fraction of sp³-hybridized carbons (Fsp3) is 0.257. The topological polar surface area (TPSA) is 215 Å². The highest BCUT2D eigenvalue weighted by Gasteiger charge is 2.35. The van der Waals surface area contributed by atoms with Gasteiger partial charge in [0, 0.05) is 13.1 Å². The number of carboxylic acid groups (broad SMARTS) is 1. The molecule has 3 heterocycles. The molecule has 0 spiro atoms. The van der Waals surface area contributed by atoms with E-state index in [0.29, 0.717) is 15.2 Å². The second-order valence-electron chi connectivity index (χ2n) is 11.3. The van der Waals surface area contributed by atoms with Gasteiger partial charge in [0.05, 0.1) is 62.9 Å². The molecule has 2 aromatic carbocycles. The van der Waals surface area contributed by atoms with Crippen molar-refractivity contribution in [3.63, 3.8) is 0 Å². The number of methoxy groups -OCH3 is 4. The lowest BCUT2D eigenvalue weighted by Gasteiger charge is -2.15. The highest BCUT2D eigenvalue weighted by molar-refractivity contribution is 6.33. The number of halogens is 4. The van der Waals surface area contributed by atoms with E-state index in [2.05, 4.69) is 19.9 Å². The molecule has 0 bridgehead atoms. The smallest absolute Gasteiger partial charge is 0.431 e. The summed E-state index contributed by atoms with van der Waals surface area (Å²) < 4.78 is 76.0. The number of ether oxygens (including phenoxy) is 7. The highest BCUT2D eigenvalue weighted by atomic mass is 35.5. The molecular weight excluding hydrogens is 789 g/mol. The fourth-order valence-corrected chi connectivity index (χ4v) is 4.78. The number of alkyl halides is 3. The second kappa shape index (κ2) is 18.2. The Balaban J connectivity index is 0.000000257. The first-order chi connectivity index (χ1) is 26.9. The molecule has 0 unspecified atom stereocenters. The van der Waals surface area contributed by atoms with Crippen molar-refractivity contribution in [3.8, 4) is 52.7 Å². The number of carbonyl (C=O) groups is 2. The lowest BCUT2D eigenvalue weighted by atomic mass is 10.2. The van der Waals surface area contributed by atoms with E-state index < -0.39 is 41.2 Å². The summed E-state index contributed by atoms with van der Waals surface area (Å²) in [4.78, 5) is 64.5. The molecular formula is C35H32ClF3N6O12. The molecule has 57 heavy (non-hydrogen) atoms. The Labute approximate surface area is 324 Å². The summed E-state index contributed by atoms with van der Waals surface area (Å²) in [5.41, 5.74) is -4.31. The maximum Gasteiger partial charge on any atom is 0.431 e. The number of benzene rings is 2. The average molecular weight is 821 g/mol. The van der Waals surface area contributed by atoms with Gasteiger partial charge in [0.25, 0.3) is 5.56 Å². The third-order valence-electron chi connectivity index (χ3n) is 7.14. The van der Waals surface area contributed by atoms with Crippen molar-refractivity contribution in [2.75, 3.05) is 28.4 Å². The molecule has 22 heteroatoms. The van der Waals surface area contributed by atoms with Gasteiger partial charge in [-0.2, -0.15) is 33.1 Å². The molecule has 5 aromatic rings. The molecule has 0 aliphatic heterocycles. The second-order valence-corrected chi connectivity index (χ2v) is 11.7. The summed E-state index contributed by atoms with van der Waals surface area (Å²) in [6.45, 7) is 3.23. The molecule has 0 fully saturated rings. The van der Waals surface area contributed by atoms with Crippen molar-refractivity contribution < 1.29 is 61.0 Å². The van der Waals surface area contributed by atoms with E-state index in [1.54, 1.807) is 13.8 Å². The first-order valence-electron chi connectivity index (χ1n) is 16.0. The normalized spacial score (nSPS) is 10.9. The summed E-state index contributed by atoms with van der Waals surface area (Å²) in [6, 6.07) is 10.8. The van der Waals surface area contributed by atoms with Crippen LogP contribution in [0.2, 0.25) is 5.02 Å². The van der Waals surface area contributed by atoms with Gasteiger partial charge in [-0.3, -0.25) is 9.36 Å². The standard InChI is InChI=1S/C19H18N4O8.C16H14ClF3N2O4/c1-26-12-8-13(27-2)21-18(20-12)30-10-6-5-7-11(16(10)17(24)25)31-19-22-14(28-3)9-15(23-19)29-4;1-8(2)26-14(24)10-6-9(4-5-11(10)17)22-13(23)7-12(16(18,19)20)21(3)15(22)25/h5-9H,1-4H3,(H,24,25);4-8H,1-3H3. The number of carbonyl (C=O) groups excluding carboxylic acids is 1. The number of carboxylic acids is 1. The third kappa shape index (κ3) is 10.4. The predicted molar refractivity (Wildman–Crippen MR) is 192 cm³/mol. The summed E-state index contributed by atoms with van der Waals surface area (Å²) in [7, 11) is 6.53. The van der Waals surface area contributed by atoms with Gasteiger partial charge >= 0.3 is 35.8 Å². The van der Waals surface area contributed by atoms with Gasteiger partial charge in [-0.25, -0.2) is 19.0 Å². The van der Waals surface area contributed by atoms with Crippen molar-refractivity contribution in [2.24, 2.45) is 7.05 Å². The van der Waals surface area contributed by atoms with Crippen LogP contribution in [0.5, 0.6) is 47.0 Å². The number of rotatable bonds is 12. The van der Waals surface area contributed by atoms with Crippen LogP contribution in [0, 0.1) is 0 Å². The van der Waals surface area contributed by atoms with Gasteiger partial charge in [0.15, 0.2) is 0 Å². The number of hydrogen-bond acceptors (Lipinski definition) is 15. The third-order valence-corrected chi connectivity index (χ3v) is 7.47. The van der Waals surface area contributed by atoms with Crippen LogP contribution in [0.4, 0.5) is 13.2 Å². The lowest BCUT2D eigenvalue weighted by molar-refractivity contribution is -0.144. The number of aromatic carboxylic acids is 1. The van der Waals surface area contributed by atoms with Gasteiger partial charge in [-0.15, -0.1) is 0 Å². The van der Waals surface area contributed by atoms with Crippen LogP contribution < -0.4 is 39.7 Å². The Kier molecular flexibility index (Phi) is 13.6. The van der Waals surface area contributed by atoms with Crippen LogP contribution in [0.1, 0.15) is 40.3 Å². The summed E-state index contributed by atoms with van der Waals surface area (Å²) in [6.07, 6.45) is -5.30. The number of esters is 1. The Morgan fingerprint density at radius 3 is 1.65 bits per heavy atom. The Bertz CT molecular complexity index is 2290. The molecule has 0 aliphatic rings. The largest absolute Gasteiger partial charge is 0.481 e. The zero-order valence-electron chi connectivity index (χ0n) is 30.9. The van der Waals surface area contributed by atoms with Crippen molar-refractivity contribution in [3.05, 3.63) is 97.3 Å². The van der Waals surface area contributed by atoms with E-state index in [9.17, 15) is 37.5 Å². The lowest BCUT2D eigenvalue weighted by Crippen LogP contribution is -2.40. The molecule has 0 amide bonds. The fourth-order valence-electron chi connectivity index (χ4n) is 4.59. The molecule has 0 atom stereocenters. The number of hydrogen-bond donors (Lipinski definition) is 1. The molecule has 0 saturated heterocycles. The summed E-state index contributed by atoms with van der Waals surface area (Å²) >= 11 is 5.94. The van der Waals surface area contributed by atoms with Crippen LogP contribution >= 0.6 is 11.6 Å². The quantitative estimate of drug-likeness (QED) is 0.157. The van der Waals surface area contributed by atoms with Crippen molar-refractivity contribution in [2.45, 2.75) is 26.1 Å². The van der Waals surface area contributed by atoms with Crippen LogP contribution in [0.15, 0.2) is 64.2 Å². The van der Waals surface area contributed by atoms with Crippen LogP contribution in [-0.4, -0.2) is 80.7 Å². The van der Waals surface area contributed by atoms with Crippen LogP contribution in [-0.2, 0) is 18.0 Å². The Morgan fingerprint density at radius 2 is 1.25 bits per heavy atom. The predicted octanol–water partition coefficient (Wildman–Crippen LogP) is 5.36. The Hall–Kier alpha value is -6.90. The van der Waals surface area contributed by atoms with Crippen LogP contribution in [0.3, 0.4) is 0 Å². The van der Waals surface area contributed by atoms with Gasteiger partial charge in [0.2, 0.25) is 23.5 Å². The first kappa shape index (κ1) is 42.8. The van der Waals surface area contributed by atoms with E-state index in [1.165, 1.54) is 70.9 Å². The van der Waals surface area contributed by atoms with Crippen molar-refractivity contribution in [1.29, 1.82) is 0 Å². The zero-order chi connectivity index (χ0) is 42.2. The molecule has 302 valence electrons. The van der Waals surface area contributed by atoms with Gasteiger partial charge in [-0.05, 0) is 44.2 Å². The number of nitrogens with zero attached hydrogens (tertiary/aromatic N) is 6. The van der Waals surface area contributed by atoms with Gasteiger partial charge < -0.3 is 38.3 Å². The van der Waals surface area contributed by atoms with E-state index in [1.807, 2.05) is 0 Å². The number of aromatic nitrogens is 6. The van der Waals surface area contributed by atoms with Gasteiger partial charge in [-0.1, -0.05) is 17.7 Å². The van der Waals surface area contributed by atoms with E-state index in [-0.39, 0.29) is 68.9 Å².